The highest BCUT2D eigenvalue weighted by Gasteiger charge is 2.15. The average Bonchev–Trinajstić information content (AvgIpc) is 2.54. The maximum Gasteiger partial charge on any atom is 0.307 e. The summed E-state index contributed by atoms with van der Waals surface area (Å²) in [5.74, 6) is 0.424. The molecule has 19 heavy (non-hydrogen) atoms. The van der Waals surface area contributed by atoms with Crippen molar-refractivity contribution in [2.45, 2.75) is 13.3 Å². The van der Waals surface area contributed by atoms with E-state index in [9.17, 15) is 4.79 Å². The lowest BCUT2D eigenvalue weighted by molar-refractivity contribution is -0.136. The van der Waals surface area contributed by atoms with E-state index in [0.29, 0.717) is 12.2 Å². The fourth-order valence-electron chi connectivity index (χ4n) is 2.47. The highest BCUT2D eigenvalue weighted by molar-refractivity contribution is 5.81. The van der Waals surface area contributed by atoms with Crippen molar-refractivity contribution in [2.24, 2.45) is 0 Å². The Kier molecular flexibility index (Phi) is 2.92. The molecular formula is C17H14O2. The van der Waals surface area contributed by atoms with Gasteiger partial charge in [-0.2, -0.15) is 0 Å². The number of rotatable bonds is 1. The van der Waals surface area contributed by atoms with Crippen molar-refractivity contribution in [3.05, 3.63) is 65.4 Å². The minimum absolute atomic E-state index is 0.275. The van der Waals surface area contributed by atoms with E-state index in [1.54, 1.807) is 0 Å². The van der Waals surface area contributed by atoms with Crippen LogP contribution >= 0.6 is 0 Å². The second-order valence-electron chi connectivity index (χ2n) is 4.63. The number of fused-ring (bicyclic) bond motifs is 3. The maximum atomic E-state index is 11.2. The van der Waals surface area contributed by atoms with Crippen molar-refractivity contribution in [3.8, 4) is 11.1 Å². The van der Waals surface area contributed by atoms with E-state index >= 15 is 0 Å². The average molecular weight is 250 g/mol. The van der Waals surface area contributed by atoms with Gasteiger partial charge in [0, 0.05) is 13.3 Å². The molecule has 3 rings (SSSR count). The smallest absolute Gasteiger partial charge is 0.307 e. The molecule has 0 N–H and O–H groups in total. The standard InChI is InChI=1S/C17H14O2/c1-12(18)19-15-10-13-6-2-4-8-16(13)17-9-5-3-7-14(17)11-15/h2-10H,11H2,1H3. The minimum atomic E-state index is -0.275. The number of esters is 1. The van der Waals surface area contributed by atoms with Gasteiger partial charge in [0.05, 0.1) is 0 Å². The Hall–Kier alpha value is -2.35. The second kappa shape index (κ2) is 4.73. The fraction of sp³-hybridized carbons (Fsp3) is 0.118. The molecule has 1 aliphatic rings. The molecule has 0 saturated carbocycles. The number of ether oxygens (including phenoxy) is 1. The van der Waals surface area contributed by atoms with Gasteiger partial charge in [-0.3, -0.25) is 4.79 Å². The Morgan fingerprint density at radius 2 is 1.68 bits per heavy atom. The largest absolute Gasteiger partial charge is 0.431 e. The fourth-order valence-corrected chi connectivity index (χ4v) is 2.47. The number of allylic oxidation sites excluding steroid dienone is 1. The second-order valence-corrected chi connectivity index (χ2v) is 4.63. The molecule has 0 bridgehead atoms. The summed E-state index contributed by atoms with van der Waals surface area (Å²) >= 11 is 0. The summed E-state index contributed by atoms with van der Waals surface area (Å²) in [5.41, 5.74) is 4.65. The van der Waals surface area contributed by atoms with Crippen LogP contribution in [0.5, 0.6) is 0 Å². The van der Waals surface area contributed by atoms with Gasteiger partial charge in [-0.15, -0.1) is 0 Å². The summed E-state index contributed by atoms with van der Waals surface area (Å²) < 4.78 is 5.31. The molecule has 0 heterocycles. The highest BCUT2D eigenvalue weighted by Crippen LogP contribution is 2.33. The van der Waals surface area contributed by atoms with Crippen LogP contribution in [0.1, 0.15) is 18.1 Å². The Morgan fingerprint density at radius 1 is 1.00 bits per heavy atom. The molecule has 1 aliphatic carbocycles. The lowest BCUT2D eigenvalue weighted by Gasteiger charge is -2.08. The van der Waals surface area contributed by atoms with E-state index in [2.05, 4.69) is 18.2 Å². The highest BCUT2D eigenvalue weighted by atomic mass is 16.5. The van der Waals surface area contributed by atoms with Crippen LogP contribution in [0.3, 0.4) is 0 Å². The maximum absolute atomic E-state index is 11.2. The number of carbonyl (C=O) groups excluding carboxylic acids is 1. The topological polar surface area (TPSA) is 26.3 Å². The zero-order valence-electron chi connectivity index (χ0n) is 10.7. The molecule has 0 amide bonds. The zero-order chi connectivity index (χ0) is 13.2. The normalized spacial score (nSPS) is 12.8. The summed E-state index contributed by atoms with van der Waals surface area (Å²) in [6.45, 7) is 1.43. The lowest BCUT2D eigenvalue weighted by Crippen LogP contribution is -2.01. The summed E-state index contributed by atoms with van der Waals surface area (Å²) in [4.78, 5) is 11.2. The molecule has 0 saturated heterocycles. The summed E-state index contributed by atoms with van der Waals surface area (Å²) in [6.07, 6.45) is 2.60. The molecule has 0 aromatic heterocycles. The van der Waals surface area contributed by atoms with Crippen LogP contribution in [0.15, 0.2) is 54.3 Å². The molecule has 2 heteroatoms. The van der Waals surface area contributed by atoms with Crippen LogP contribution in [0.4, 0.5) is 0 Å². The van der Waals surface area contributed by atoms with Gasteiger partial charge < -0.3 is 4.74 Å². The van der Waals surface area contributed by atoms with Gasteiger partial charge in [0.15, 0.2) is 0 Å². The third-order valence-electron chi connectivity index (χ3n) is 3.22. The van der Waals surface area contributed by atoms with Gasteiger partial charge in [-0.1, -0.05) is 48.5 Å². The van der Waals surface area contributed by atoms with E-state index in [-0.39, 0.29) is 5.97 Å². The Morgan fingerprint density at radius 3 is 2.47 bits per heavy atom. The molecule has 0 unspecified atom stereocenters. The number of hydrogen-bond acceptors (Lipinski definition) is 2. The minimum Gasteiger partial charge on any atom is -0.431 e. The number of benzene rings is 2. The lowest BCUT2D eigenvalue weighted by atomic mass is 9.97. The van der Waals surface area contributed by atoms with Crippen molar-refractivity contribution < 1.29 is 9.53 Å². The zero-order valence-corrected chi connectivity index (χ0v) is 10.7. The van der Waals surface area contributed by atoms with Crippen LogP contribution in [0, 0.1) is 0 Å². The first-order chi connectivity index (χ1) is 9.24. The van der Waals surface area contributed by atoms with Gasteiger partial charge in [-0.25, -0.2) is 0 Å². The predicted octanol–water partition coefficient (Wildman–Crippen LogP) is 3.81. The van der Waals surface area contributed by atoms with Gasteiger partial charge in [-0.05, 0) is 28.3 Å². The molecule has 0 radical (unpaired) electrons. The van der Waals surface area contributed by atoms with Gasteiger partial charge >= 0.3 is 5.97 Å². The predicted molar refractivity (Wildman–Crippen MR) is 75.3 cm³/mol. The van der Waals surface area contributed by atoms with E-state index in [0.717, 1.165) is 5.56 Å². The van der Waals surface area contributed by atoms with Crippen LogP contribution in [0.25, 0.3) is 17.2 Å². The molecule has 0 aliphatic heterocycles. The van der Waals surface area contributed by atoms with Gasteiger partial charge in [0.25, 0.3) is 0 Å². The molecule has 2 nitrogen and oxygen atoms in total. The summed E-state index contributed by atoms with van der Waals surface area (Å²) in [5, 5.41) is 0. The molecule has 94 valence electrons. The van der Waals surface area contributed by atoms with Crippen molar-refractivity contribution in [2.75, 3.05) is 0 Å². The van der Waals surface area contributed by atoms with Gasteiger partial charge in [0.1, 0.15) is 5.76 Å². The molecule has 0 atom stereocenters. The van der Waals surface area contributed by atoms with Crippen molar-refractivity contribution >= 4 is 12.0 Å². The molecule has 2 aromatic carbocycles. The Balaban J connectivity index is 2.18. The van der Waals surface area contributed by atoms with Crippen molar-refractivity contribution in [3.63, 3.8) is 0 Å². The van der Waals surface area contributed by atoms with Gasteiger partial charge in [0.2, 0.25) is 0 Å². The van der Waals surface area contributed by atoms with Crippen LogP contribution in [0.2, 0.25) is 0 Å². The van der Waals surface area contributed by atoms with Crippen LogP contribution < -0.4 is 0 Å². The Labute approximate surface area is 112 Å². The first-order valence-electron chi connectivity index (χ1n) is 6.30. The molecule has 0 fully saturated rings. The van der Waals surface area contributed by atoms with E-state index in [1.165, 1.54) is 23.6 Å². The summed E-state index contributed by atoms with van der Waals surface area (Å²) in [7, 11) is 0. The number of hydrogen-bond donors (Lipinski definition) is 0. The van der Waals surface area contributed by atoms with Crippen molar-refractivity contribution in [1.29, 1.82) is 0 Å². The molecule has 0 spiro atoms. The van der Waals surface area contributed by atoms with E-state index < -0.39 is 0 Å². The third kappa shape index (κ3) is 2.29. The number of carbonyl (C=O) groups is 1. The SMILES string of the molecule is CC(=O)OC1=Cc2ccccc2-c2ccccc2C1. The van der Waals surface area contributed by atoms with E-state index in [4.69, 9.17) is 4.74 Å². The molecule has 2 aromatic rings. The molecular weight excluding hydrogens is 236 g/mol. The summed E-state index contributed by atoms with van der Waals surface area (Å²) in [6, 6.07) is 16.4. The quantitative estimate of drug-likeness (QED) is 0.719. The van der Waals surface area contributed by atoms with Crippen LogP contribution in [-0.4, -0.2) is 5.97 Å². The van der Waals surface area contributed by atoms with Crippen LogP contribution in [-0.2, 0) is 16.0 Å². The first kappa shape index (κ1) is 11.7. The Bertz CT molecular complexity index is 668. The van der Waals surface area contributed by atoms with Crippen molar-refractivity contribution in [1.82, 2.24) is 0 Å². The monoisotopic (exact) mass is 250 g/mol. The third-order valence-corrected chi connectivity index (χ3v) is 3.22. The van der Waals surface area contributed by atoms with E-state index in [1.807, 2.05) is 36.4 Å². The first-order valence-corrected chi connectivity index (χ1v) is 6.30.